The van der Waals surface area contributed by atoms with Crippen molar-refractivity contribution in [1.82, 2.24) is 5.32 Å². The molecular weight excluding hydrogens is 340 g/mol. The molecule has 0 unspecified atom stereocenters. The molecule has 5 nitrogen and oxygen atoms in total. The first-order chi connectivity index (χ1) is 13.0. The van der Waals surface area contributed by atoms with Crippen LogP contribution >= 0.6 is 0 Å². The van der Waals surface area contributed by atoms with Gasteiger partial charge in [0.15, 0.2) is 0 Å². The van der Waals surface area contributed by atoms with Crippen molar-refractivity contribution < 1.29 is 14.3 Å². The van der Waals surface area contributed by atoms with Crippen LogP contribution in [-0.2, 0) is 11.2 Å². The van der Waals surface area contributed by atoms with Gasteiger partial charge in [-0.15, -0.1) is 0 Å². The molecular formula is C22H28N2O3. The molecule has 0 spiro atoms. The van der Waals surface area contributed by atoms with E-state index in [2.05, 4.69) is 18.3 Å². The van der Waals surface area contributed by atoms with Crippen molar-refractivity contribution in [2.45, 2.75) is 65.0 Å². The molecule has 1 saturated carbocycles. The van der Waals surface area contributed by atoms with Gasteiger partial charge >= 0.3 is 0 Å². The van der Waals surface area contributed by atoms with E-state index in [1.54, 1.807) is 6.08 Å². The number of nitriles is 1. The van der Waals surface area contributed by atoms with Crippen LogP contribution in [-0.4, -0.2) is 24.7 Å². The number of rotatable bonds is 5. The Balaban J connectivity index is 1.85. The molecule has 144 valence electrons. The molecule has 1 amide bonds. The number of carbonyl (C=O) groups excluding carboxylic acids is 1. The summed E-state index contributed by atoms with van der Waals surface area (Å²) < 4.78 is 11.6. The Labute approximate surface area is 161 Å². The molecule has 0 bridgehead atoms. The van der Waals surface area contributed by atoms with Crippen LogP contribution in [0, 0.1) is 17.2 Å². The van der Waals surface area contributed by atoms with Gasteiger partial charge in [-0.1, -0.05) is 19.8 Å². The Morgan fingerprint density at radius 1 is 1.37 bits per heavy atom. The molecule has 1 aromatic rings. The van der Waals surface area contributed by atoms with Crippen molar-refractivity contribution in [3.05, 3.63) is 28.8 Å². The Morgan fingerprint density at radius 2 is 2.15 bits per heavy atom. The van der Waals surface area contributed by atoms with E-state index in [0.717, 1.165) is 37.0 Å². The number of amides is 1. The molecule has 0 saturated heterocycles. The van der Waals surface area contributed by atoms with Gasteiger partial charge in [-0.2, -0.15) is 5.26 Å². The third-order valence-electron chi connectivity index (χ3n) is 5.42. The number of ether oxygens (including phenoxy) is 2. The highest BCUT2D eigenvalue weighted by molar-refractivity contribution is 6.02. The highest BCUT2D eigenvalue weighted by atomic mass is 16.5. The number of fused-ring (bicyclic) bond motifs is 1. The lowest BCUT2D eigenvalue weighted by molar-refractivity contribution is -0.118. The van der Waals surface area contributed by atoms with Crippen molar-refractivity contribution in [1.29, 1.82) is 5.26 Å². The van der Waals surface area contributed by atoms with Crippen LogP contribution in [0.15, 0.2) is 17.7 Å². The minimum absolute atomic E-state index is 0.0970. The van der Waals surface area contributed by atoms with Crippen LogP contribution in [0.25, 0.3) is 6.08 Å². The molecule has 2 aliphatic rings. The Morgan fingerprint density at radius 3 is 2.85 bits per heavy atom. The van der Waals surface area contributed by atoms with E-state index in [1.165, 1.54) is 6.42 Å². The number of hydrogen-bond donors (Lipinski definition) is 1. The number of carbonyl (C=O) groups is 1. The summed E-state index contributed by atoms with van der Waals surface area (Å²) in [6.07, 6.45) is 6.99. The highest BCUT2D eigenvalue weighted by Gasteiger charge is 2.25. The van der Waals surface area contributed by atoms with E-state index in [9.17, 15) is 10.1 Å². The van der Waals surface area contributed by atoms with Crippen LogP contribution in [0.2, 0.25) is 0 Å². The third-order valence-corrected chi connectivity index (χ3v) is 5.42. The molecule has 1 N–H and O–H groups in total. The van der Waals surface area contributed by atoms with Gasteiger partial charge < -0.3 is 14.8 Å². The molecule has 3 rings (SSSR count). The average Bonchev–Trinajstić information content (AvgIpc) is 3.00. The number of hydrogen-bond acceptors (Lipinski definition) is 4. The summed E-state index contributed by atoms with van der Waals surface area (Å²) in [6, 6.07) is 6.03. The van der Waals surface area contributed by atoms with Crippen LogP contribution in [0.1, 0.15) is 57.6 Å². The molecule has 27 heavy (non-hydrogen) atoms. The first-order valence-corrected chi connectivity index (χ1v) is 9.90. The van der Waals surface area contributed by atoms with Gasteiger partial charge in [-0.05, 0) is 50.8 Å². The number of benzene rings is 1. The molecule has 1 fully saturated rings. The van der Waals surface area contributed by atoms with Crippen molar-refractivity contribution >= 4 is 12.0 Å². The summed E-state index contributed by atoms with van der Waals surface area (Å²) in [7, 11) is 0. The zero-order chi connectivity index (χ0) is 19.4. The number of nitrogens with zero attached hydrogens (tertiary/aromatic N) is 1. The standard InChI is InChI=1S/C22H28N2O3/c1-4-26-20-11-16-9-15(3)27-21(16)12-17(20)10-18(13-23)22(25)24-19-8-6-5-7-14(19)2/h10-12,14-15,19H,4-9H2,1-3H3,(H,24,25)/b18-10+/t14-,15+,19+/m0/s1. The second-order valence-electron chi connectivity index (χ2n) is 7.57. The van der Waals surface area contributed by atoms with Gasteiger partial charge in [-0.3, -0.25) is 4.79 Å². The maximum atomic E-state index is 12.7. The topological polar surface area (TPSA) is 71.3 Å². The largest absolute Gasteiger partial charge is 0.493 e. The molecule has 0 radical (unpaired) electrons. The lowest BCUT2D eigenvalue weighted by Gasteiger charge is -2.29. The zero-order valence-electron chi connectivity index (χ0n) is 16.4. The van der Waals surface area contributed by atoms with Crippen LogP contribution in [0.4, 0.5) is 0 Å². The lowest BCUT2D eigenvalue weighted by Crippen LogP contribution is -2.41. The van der Waals surface area contributed by atoms with E-state index in [1.807, 2.05) is 26.0 Å². The second kappa shape index (κ2) is 8.47. The number of nitrogens with one attached hydrogen (secondary N) is 1. The Kier molecular flexibility index (Phi) is 6.05. The third kappa shape index (κ3) is 4.44. The highest BCUT2D eigenvalue weighted by Crippen LogP contribution is 2.36. The summed E-state index contributed by atoms with van der Waals surface area (Å²) >= 11 is 0. The fourth-order valence-corrected chi connectivity index (χ4v) is 3.93. The van der Waals surface area contributed by atoms with Crippen LogP contribution < -0.4 is 14.8 Å². The summed E-state index contributed by atoms with van der Waals surface area (Å²) in [5, 5.41) is 12.6. The van der Waals surface area contributed by atoms with E-state index in [0.29, 0.717) is 23.8 Å². The minimum Gasteiger partial charge on any atom is -0.493 e. The summed E-state index contributed by atoms with van der Waals surface area (Å²) in [5.41, 5.74) is 1.90. The van der Waals surface area contributed by atoms with Gasteiger partial charge in [0.2, 0.25) is 0 Å². The van der Waals surface area contributed by atoms with Gasteiger partial charge in [-0.25, -0.2) is 0 Å². The molecule has 3 atom stereocenters. The maximum Gasteiger partial charge on any atom is 0.262 e. The maximum absolute atomic E-state index is 12.7. The van der Waals surface area contributed by atoms with Gasteiger partial charge in [0.25, 0.3) is 5.91 Å². The molecule has 1 aromatic carbocycles. The van der Waals surface area contributed by atoms with Crippen molar-refractivity contribution in [3.63, 3.8) is 0 Å². The quantitative estimate of drug-likeness (QED) is 0.630. The summed E-state index contributed by atoms with van der Waals surface area (Å²) in [5.74, 6) is 1.61. The minimum atomic E-state index is -0.312. The second-order valence-corrected chi connectivity index (χ2v) is 7.57. The predicted octanol–water partition coefficient (Wildman–Crippen LogP) is 4.01. The van der Waals surface area contributed by atoms with Crippen molar-refractivity contribution in [2.75, 3.05) is 6.61 Å². The normalized spacial score (nSPS) is 24.5. The first-order valence-electron chi connectivity index (χ1n) is 9.90. The monoisotopic (exact) mass is 368 g/mol. The molecule has 1 aliphatic carbocycles. The van der Waals surface area contributed by atoms with E-state index >= 15 is 0 Å². The SMILES string of the molecule is CCOc1cc2c(cc1/C=C(\C#N)C(=O)N[C@@H]1CCCC[C@@H]1C)O[C@H](C)C2. The van der Waals surface area contributed by atoms with Gasteiger partial charge in [0.1, 0.15) is 29.2 Å². The molecule has 5 heteroatoms. The molecule has 1 aliphatic heterocycles. The first kappa shape index (κ1) is 19.3. The summed E-state index contributed by atoms with van der Waals surface area (Å²) in [4.78, 5) is 12.7. The van der Waals surface area contributed by atoms with Gasteiger partial charge in [0.05, 0.1) is 6.61 Å². The van der Waals surface area contributed by atoms with Crippen LogP contribution in [0.5, 0.6) is 11.5 Å². The Hall–Kier alpha value is -2.48. The van der Waals surface area contributed by atoms with E-state index < -0.39 is 0 Å². The van der Waals surface area contributed by atoms with Crippen molar-refractivity contribution in [2.24, 2.45) is 5.92 Å². The smallest absolute Gasteiger partial charge is 0.262 e. The Bertz CT molecular complexity index is 778. The molecule has 1 heterocycles. The van der Waals surface area contributed by atoms with E-state index in [4.69, 9.17) is 9.47 Å². The fraction of sp³-hybridized carbons (Fsp3) is 0.545. The molecule has 0 aromatic heterocycles. The van der Waals surface area contributed by atoms with Gasteiger partial charge in [0, 0.05) is 23.6 Å². The van der Waals surface area contributed by atoms with Crippen molar-refractivity contribution in [3.8, 4) is 17.6 Å². The fourth-order valence-electron chi connectivity index (χ4n) is 3.93. The van der Waals surface area contributed by atoms with Crippen LogP contribution in [0.3, 0.4) is 0 Å². The lowest BCUT2D eigenvalue weighted by atomic mass is 9.86. The average molecular weight is 368 g/mol. The predicted molar refractivity (Wildman–Crippen MR) is 105 cm³/mol. The zero-order valence-corrected chi connectivity index (χ0v) is 16.4. The van der Waals surface area contributed by atoms with E-state index in [-0.39, 0.29) is 23.6 Å². The summed E-state index contributed by atoms with van der Waals surface area (Å²) in [6.45, 7) is 6.62.